The van der Waals surface area contributed by atoms with Crippen molar-refractivity contribution >= 4 is 5.78 Å². The summed E-state index contributed by atoms with van der Waals surface area (Å²) in [4.78, 5) is 12.5. The molecular formula is C16H20O3. The Morgan fingerprint density at radius 3 is 2.95 bits per heavy atom. The van der Waals surface area contributed by atoms with Gasteiger partial charge in [0.05, 0.1) is 13.5 Å². The van der Waals surface area contributed by atoms with E-state index in [0.29, 0.717) is 29.4 Å². The van der Waals surface area contributed by atoms with E-state index in [1.54, 1.807) is 7.11 Å². The molecule has 3 rings (SSSR count). The highest BCUT2D eigenvalue weighted by Gasteiger charge is 2.46. The molecule has 2 aliphatic rings. The molecule has 0 unspecified atom stereocenters. The van der Waals surface area contributed by atoms with E-state index in [1.165, 1.54) is 6.42 Å². The number of fused-ring (bicyclic) bond motifs is 1. The third-order valence-electron chi connectivity index (χ3n) is 4.64. The summed E-state index contributed by atoms with van der Waals surface area (Å²) in [6.07, 6.45) is 5.01. The van der Waals surface area contributed by atoms with Crippen molar-refractivity contribution in [2.75, 3.05) is 7.11 Å². The molecule has 1 saturated carbocycles. The molecule has 1 aliphatic carbocycles. The molecule has 0 amide bonds. The number of hydrogen-bond acceptors (Lipinski definition) is 3. The SMILES string of the molecule is COc1cccc2c1C(=O)C[C@]1(CCCC[C@@H]1C)O2. The molecule has 0 aromatic heterocycles. The molecule has 1 aromatic carbocycles. The van der Waals surface area contributed by atoms with Crippen LogP contribution in [-0.2, 0) is 0 Å². The summed E-state index contributed by atoms with van der Waals surface area (Å²) in [6.45, 7) is 2.21. The molecule has 1 fully saturated rings. The highest BCUT2D eigenvalue weighted by atomic mass is 16.5. The fourth-order valence-electron chi connectivity index (χ4n) is 3.45. The molecule has 102 valence electrons. The first-order valence-electron chi connectivity index (χ1n) is 7.05. The zero-order valence-electron chi connectivity index (χ0n) is 11.6. The first-order chi connectivity index (χ1) is 9.16. The summed E-state index contributed by atoms with van der Waals surface area (Å²) < 4.78 is 11.6. The smallest absolute Gasteiger partial charge is 0.174 e. The Morgan fingerprint density at radius 2 is 2.21 bits per heavy atom. The quantitative estimate of drug-likeness (QED) is 0.773. The monoisotopic (exact) mass is 260 g/mol. The van der Waals surface area contributed by atoms with Gasteiger partial charge in [0.1, 0.15) is 22.7 Å². The molecule has 19 heavy (non-hydrogen) atoms. The van der Waals surface area contributed by atoms with Crippen LogP contribution in [0.2, 0.25) is 0 Å². The van der Waals surface area contributed by atoms with Crippen LogP contribution in [0.5, 0.6) is 11.5 Å². The summed E-state index contributed by atoms with van der Waals surface area (Å²) in [5.74, 6) is 1.92. The maximum Gasteiger partial charge on any atom is 0.174 e. The van der Waals surface area contributed by atoms with Crippen molar-refractivity contribution in [1.82, 2.24) is 0 Å². The van der Waals surface area contributed by atoms with Crippen molar-refractivity contribution in [3.05, 3.63) is 23.8 Å². The van der Waals surface area contributed by atoms with Gasteiger partial charge in [0, 0.05) is 0 Å². The number of rotatable bonds is 1. The van der Waals surface area contributed by atoms with E-state index in [-0.39, 0.29) is 11.4 Å². The molecule has 3 heteroatoms. The molecule has 0 radical (unpaired) electrons. The number of ether oxygens (including phenoxy) is 2. The third-order valence-corrected chi connectivity index (χ3v) is 4.64. The van der Waals surface area contributed by atoms with Crippen molar-refractivity contribution < 1.29 is 14.3 Å². The average Bonchev–Trinajstić information content (AvgIpc) is 2.41. The number of hydrogen-bond donors (Lipinski definition) is 0. The first kappa shape index (κ1) is 12.5. The lowest BCUT2D eigenvalue weighted by atomic mass is 9.71. The van der Waals surface area contributed by atoms with Crippen molar-refractivity contribution in [1.29, 1.82) is 0 Å². The minimum Gasteiger partial charge on any atom is -0.496 e. The molecule has 0 bridgehead atoms. The van der Waals surface area contributed by atoms with Crippen LogP contribution in [0.15, 0.2) is 18.2 Å². The molecular weight excluding hydrogens is 240 g/mol. The second-order valence-corrected chi connectivity index (χ2v) is 5.75. The Labute approximate surface area is 113 Å². The Hall–Kier alpha value is -1.51. The lowest BCUT2D eigenvalue weighted by Crippen LogP contribution is -2.49. The number of ketones is 1. The summed E-state index contributed by atoms with van der Waals surface area (Å²) in [7, 11) is 1.59. The van der Waals surface area contributed by atoms with Gasteiger partial charge < -0.3 is 9.47 Å². The second kappa shape index (κ2) is 4.55. The predicted octanol–water partition coefficient (Wildman–Crippen LogP) is 3.61. The minimum atomic E-state index is -0.283. The zero-order valence-corrected chi connectivity index (χ0v) is 11.6. The molecule has 2 atom stereocenters. The van der Waals surface area contributed by atoms with E-state index < -0.39 is 0 Å². The van der Waals surface area contributed by atoms with Crippen molar-refractivity contribution in [2.24, 2.45) is 5.92 Å². The van der Waals surface area contributed by atoms with Crippen LogP contribution in [0.1, 0.15) is 49.4 Å². The number of carbonyl (C=O) groups is 1. The van der Waals surface area contributed by atoms with E-state index in [2.05, 4.69) is 6.92 Å². The van der Waals surface area contributed by atoms with Crippen LogP contribution >= 0.6 is 0 Å². The lowest BCUT2D eigenvalue weighted by molar-refractivity contribution is -0.0260. The molecule has 1 aromatic rings. The molecule has 3 nitrogen and oxygen atoms in total. The molecule has 1 spiro atoms. The van der Waals surface area contributed by atoms with Crippen LogP contribution in [0, 0.1) is 5.92 Å². The first-order valence-corrected chi connectivity index (χ1v) is 7.05. The van der Waals surface area contributed by atoms with Crippen molar-refractivity contribution in [2.45, 2.75) is 44.6 Å². The Kier molecular flexibility index (Phi) is 3.00. The summed E-state index contributed by atoms with van der Waals surface area (Å²) in [6, 6.07) is 5.60. The second-order valence-electron chi connectivity index (χ2n) is 5.75. The highest BCUT2D eigenvalue weighted by Crippen LogP contribution is 2.46. The van der Waals surface area contributed by atoms with Gasteiger partial charge in [-0.3, -0.25) is 4.79 Å². The largest absolute Gasteiger partial charge is 0.496 e. The van der Waals surface area contributed by atoms with Crippen molar-refractivity contribution in [3.8, 4) is 11.5 Å². The summed E-state index contributed by atoms with van der Waals surface area (Å²) in [5, 5.41) is 0. The van der Waals surface area contributed by atoms with Gasteiger partial charge in [0.25, 0.3) is 0 Å². The van der Waals surface area contributed by atoms with Gasteiger partial charge >= 0.3 is 0 Å². The van der Waals surface area contributed by atoms with Gasteiger partial charge in [-0.15, -0.1) is 0 Å². The zero-order chi connectivity index (χ0) is 13.5. The van der Waals surface area contributed by atoms with Crippen LogP contribution in [0.3, 0.4) is 0 Å². The lowest BCUT2D eigenvalue weighted by Gasteiger charge is -2.45. The maximum absolute atomic E-state index is 12.5. The Bertz CT molecular complexity index is 509. The van der Waals surface area contributed by atoms with Crippen molar-refractivity contribution in [3.63, 3.8) is 0 Å². The Morgan fingerprint density at radius 1 is 1.37 bits per heavy atom. The number of benzene rings is 1. The molecule has 1 aliphatic heterocycles. The fraction of sp³-hybridized carbons (Fsp3) is 0.562. The summed E-state index contributed by atoms with van der Waals surface area (Å²) >= 11 is 0. The van der Waals surface area contributed by atoms with E-state index in [1.807, 2.05) is 18.2 Å². The topological polar surface area (TPSA) is 35.5 Å². The van der Waals surface area contributed by atoms with E-state index in [0.717, 1.165) is 19.3 Å². The molecule has 0 saturated heterocycles. The minimum absolute atomic E-state index is 0.160. The van der Waals surface area contributed by atoms with Gasteiger partial charge in [-0.1, -0.05) is 19.4 Å². The van der Waals surface area contributed by atoms with Crippen LogP contribution in [0.4, 0.5) is 0 Å². The molecule has 0 N–H and O–H groups in total. The van der Waals surface area contributed by atoms with E-state index in [9.17, 15) is 4.79 Å². The summed E-state index contributed by atoms with van der Waals surface area (Å²) in [5.41, 5.74) is 0.336. The van der Waals surface area contributed by atoms with Gasteiger partial charge in [-0.25, -0.2) is 0 Å². The van der Waals surface area contributed by atoms with Gasteiger partial charge in [-0.2, -0.15) is 0 Å². The average molecular weight is 260 g/mol. The van der Waals surface area contributed by atoms with Gasteiger partial charge in [-0.05, 0) is 37.3 Å². The van der Waals surface area contributed by atoms with E-state index in [4.69, 9.17) is 9.47 Å². The maximum atomic E-state index is 12.5. The van der Waals surface area contributed by atoms with Crippen LogP contribution in [0.25, 0.3) is 0 Å². The van der Waals surface area contributed by atoms with Gasteiger partial charge in [0.2, 0.25) is 0 Å². The normalized spacial score (nSPS) is 29.8. The Balaban J connectivity index is 2.03. The highest BCUT2D eigenvalue weighted by molar-refractivity contribution is 6.02. The number of methoxy groups -OCH3 is 1. The molecule has 1 heterocycles. The third kappa shape index (κ3) is 1.92. The number of Topliss-reactive ketones (excluding diaryl/α,β-unsaturated/α-hetero) is 1. The van der Waals surface area contributed by atoms with E-state index >= 15 is 0 Å². The van der Waals surface area contributed by atoms with Crippen LogP contribution in [-0.4, -0.2) is 18.5 Å². The fourth-order valence-corrected chi connectivity index (χ4v) is 3.45. The van der Waals surface area contributed by atoms with Crippen LogP contribution < -0.4 is 9.47 Å². The number of carbonyl (C=O) groups excluding carboxylic acids is 1. The van der Waals surface area contributed by atoms with Gasteiger partial charge in [0.15, 0.2) is 5.78 Å². The predicted molar refractivity (Wildman–Crippen MR) is 72.9 cm³/mol. The standard InChI is InChI=1S/C16H20O3/c1-11-6-3-4-9-16(11)10-12(17)15-13(18-2)7-5-8-14(15)19-16/h5,7-8,11H,3-4,6,9-10H2,1-2H3/t11-,16-/m0/s1.